The summed E-state index contributed by atoms with van der Waals surface area (Å²) in [6, 6.07) is 18.0. The quantitative estimate of drug-likeness (QED) is 0.570. The largest absolute Gasteiger partial charge is 0.330 e. The van der Waals surface area contributed by atoms with E-state index in [0.29, 0.717) is 13.1 Å². The molecule has 5 nitrogen and oxygen atoms in total. The summed E-state index contributed by atoms with van der Waals surface area (Å²) in [4.78, 5) is 27.7. The molecule has 0 aromatic heterocycles. The van der Waals surface area contributed by atoms with Gasteiger partial charge in [0, 0.05) is 6.54 Å². The van der Waals surface area contributed by atoms with Crippen molar-refractivity contribution in [2.75, 3.05) is 19.6 Å². The number of nitrogens with zero attached hydrogens (tertiary/aromatic N) is 1. The summed E-state index contributed by atoms with van der Waals surface area (Å²) in [5.74, 6) is -0.173. The number of unbranched alkanes of at least 4 members (excludes halogenated alkanes) is 3. The molecule has 3 N–H and O–H groups in total. The van der Waals surface area contributed by atoms with Crippen LogP contribution < -0.4 is 11.1 Å². The first-order chi connectivity index (χ1) is 15.2. The minimum absolute atomic E-state index is 0.0653. The highest BCUT2D eigenvalue weighted by Gasteiger charge is 2.29. The van der Waals surface area contributed by atoms with Gasteiger partial charge in [0.2, 0.25) is 11.8 Å². The van der Waals surface area contributed by atoms with Crippen molar-refractivity contribution in [2.45, 2.75) is 57.4 Å². The van der Waals surface area contributed by atoms with E-state index in [2.05, 4.69) is 17.4 Å². The van der Waals surface area contributed by atoms with E-state index in [4.69, 9.17) is 5.73 Å². The van der Waals surface area contributed by atoms with Crippen LogP contribution in [0.25, 0.3) is 11.1 Å². The Labute approximate surface area is 186 Å². The van der Waals surface area contributed by atoms with Crippen molar-refractivity contribution in [3.8, 4) is 11.1 Å². The average Bonchev–Trinajstić information content (AvgIpc) is 2.82. The normalized spacial score (nSPS) is 16.1. The summed E-state index contributed by atoms with van der Waals surface area (Å²) in [5, 5.41) is 3.29. The van der Waals surface area contributed by atoms with Crippen molar-refractivity contribution in [3.63, 3.8) is 0 Å². The maximum absolute atomic E-state index is 13.1. The molecule has 2 aromatic carbocycles. The smallest absolute Gasteiger partial charge is 0.246 e. The highest BCUT2D eigenvalue weighted by Crippen LogP contribution is 2.20. The zero-order valence-electron chi connectivity index (χ0n) is 18.4. The lowest BCUT2D eigenvalue weighted by Gasteiger charge is -2.29. The molecule has 0 unspecified atom stereocenters. The number of rotatable bonds is 10. The SMILES string of the molecule is NCCCCCCN(C(=O)Cc1ccc(-c2ccccc2)cc1)C(=O)[C@H]1CCCCN1. The van der Waals surface area contributed by atoms with Crippen LogP contribution in [0.2, 0.25) is 0 Å². The van der Waals surface area contributed by atoms with Crippen molar-refractivity contribution < 1.29 is 9.59 Å². The summed E-state index contributed by atoms with van der Waals surface area (Å²) in [5.41, 5.74) is 8.78. The van der Waals surface area contributed by atoms with Crippen LogP contribution in [0.3, 0.4) is 0 Å². The van der Waals surface area contributed by atoms with Gasteiger partial charge in [-0.2, -0.15) is 0 Å². The second-order valence-corrected chi connectivity index (χ2v) is 8.33. The second kappa shape index (κ2) is 12.4. The fourth-order valence-electron chi connectivity index (χ4n) is 4.09. The second-order valence-electron chi connectivity index (χ2n) is 8.33. The van der Waals surface area contributed by atoms with Gasteiger partial charge in [0.05, 0.1) is 12.5 Å². The lowest BCUT2D eigenvalue weighted by Crippen LogP contribution is -2.51. The summed E-state index contributed by atoms with van der Waals surface area (Å²) in [6.45, 7) is 2.02. The van der Waals surface area contributed by atoms with E-state index in [0.717, 1.165) is 68.2 Å². The molecule has 1 aliphatic heterocycles. The molecule has 0 radical (unpaired) electrons. The molecule has 1 aliphatic rings. The fraction of sp³-hybridized carbons (Fsp3) is 0.462. The lowest BCUT2D eigenvalue weighted by atomic mass is 10.0. The van der Waals surface area contributed by atoms with Crippen LogP contribution >= 0.6 is 0 Å². The van der Waals surface area contributed by atoms with Crippen LogP contribution in [0, 0.1) is 0 Å². The first-order valence-electron chi connectivity index (χ1n) is 11.6. The van der Waals surface area contributed by atoms with Gasteiger partial charge in [-0.1, -0.05) is 73.9 Å². The third-order valence-corrected chi connectivity index (χ3v) is 5.93. The monoisotopic (exact) mass is 421 g/mol. The molecular formula is C26H35N3O2. The number of piperidine rings is 1. The maximum atomic E-state index is 13.1. The molecule has 1 fully saturated rings. The number of carbonyl (C=O) groups excluding carboxylic acids is 2. The van der Waals surface area contributed by atoms with Gasteiger partial charge in [0.1, 0.15) is 0 Å². The van der Waals surface area contributed by atoms with Crippen LogP contribution in [0.15, 0.2) is 54.6 Å². The van der Waals surface area contributed by atoms with Gasteiger partial charge >= 0.3 is 0 Å². The molecule has 2 aromatic rings. The van der Waals surface area contributed by atoms with E-state index in [-0.39, 0.29) is 24.3 Å². The molecule has 0 spiro atoms. The van der Waals surface area contributed by atoms with Crippen molar-refractivity contribution in [1.29, 1.82) is 0 Å². The highest BCUT2D eigenvalue weighted by molar-refractivity contribution is 5.98. The Morgan fingerprint density at radius 2 is 1.61 bits per heavy atom. The Morgan fingerprint density at radius 1 is 0.903 bits per heavy atom. The summed E-state index contributed by atoms with van der Waals surface area (Å²) >= 11 is 0. The van der Waals surface area contributed by atoms with Gasteiger partial charge < -0.3 is 11.1 Å². The zero-order valence-corrected chi connectivity index (χ0v) is 18.4. The number of nitrogens with two attached hydrogens (primary N) is 1. The molecule has 3 rings (SSSR count). The van der Waals surface area contributed by atoms with Crippen molar-refractivity contribution in [1.82, 2.24) is 10.2 Å². The van der Waals surface area contributed by atoms with Crippen molar-refractivity contribution in [3.05, 3.63) is 60.2 Å². The molecule has 0 bridgehead atoms. The number of amides is 2. The minimum atomic E-state index is -0.234. The number of nitrogens with one attached hydrogen (secondary N) is 1. The molecule has 1 atom stereocenters. The molecule has 1 saturated heterocycles. The first-order valence-corrected chi connectivity index (χ1v) is 11.6. The van der Waals surface area contributed by atoms with Crippen molar-refractivity contribution in [2.24, 2.45) is 5.73 Å². The third-order valence-electron chi connectivity index (χ3n) is 5.93. The predicted molar refractivity (Wildman–Crippen MR) is 125 cm³/mol. The Bertz CT molecular complexity index is 814. The zero-order chi connectivity index (χ0) is 21.9. The molecule has 0 aliphatic carbocycles. The van der Waals surface area contributed by atoms with E-state index in [1.165, 1.54) is 4.90 Å². The van der Waals surface area contributed by atoms with Crippen LogP contribution in [-0.4, -0.2) is 42.4 Å². The van der Waals surface area contributed by atoms with Crippen LogP contribution in [0.1, 0.15) is 50.5 Å². The third kappa shape index (κ3) is 7.01. The number of imide groups is 1. The van der Waals surface area contributed by atoms with Crippen LogP contribution in [0.5, 0.6) is 0 Å². The standard InChI is InChI=1S/C26H35N3O2/c27-17-7-1-2-9-19-29(26(31)24-12-6-8-18-28-24)25(30)20-21-13-15-23(16-14-21)22-10-4-3-5-11-22/h3-5,10-11,13-16,24,28H,1-2,6-9,12,17-20,27H2/t24-/m1/s1. The number of hydrogen-bond acceptors (Lipinski definition) is 4. The Hall–Kier alpha value is -2.50. The van der Waals surface area contributed by atoms with E-state index >= 15 is 0 Å². The Balaban J connectivity index is 1.64. The predicted octanol–water partition coefficient (Wildman–Crippen LogP) is 3.91. The fourth-order valence-corrected chi connectivity index (χ4v) is 4.09. The maximum Gasteiger partial charge on any atom is 0.246 e. The topological polar surface area (TPSA) is 75.4 Å². The molecule has 1 heterocycles. The van der Waals surface area contributed by atoms with Crippen LogP contribution in [0.4, 0.5) is 0 Å². The molecule has 31 heavy (non-hydrogen) atoms. The minimum Gasteiger partial charge on any atom is -0.330 e. The molecule has 166 valence electrons. The van der Waals surface area contributed by atoms with Crippen molar-refractivity contribution >= 4 is 11.8 Å². The lowest BCUT2D eigenvalue weighted by molar-refractivity contribution is -0.146. The number of carbonyl (C=O) groups is 2. The van der Waals surface area contributed by atoms with Gasteiger partial charge in [-0.3, -0.25) is 14.5 Å². The van der Waals surface area contributed by atoms with Crippen LogP contribution in [-0.2, 0) is 16.0 Å². The molecular weight excluding hydrogens is 386 g/mol. The van der Waals surface area contributed by atoms with Gasteiger partial charge in [-0.25, -0.2) is 0 Å². The Morgan fingerprint density at radius 3 is 2.29 bits per heavy atom. The number of benzene rings is 2. The summed E-state index contributed by atoms with van der Waals surface area (Å²) in [6.07, 6.45) is 7.01. The van der Waals surface area contributed by atoms with E-state index in [1.54, 1.807) is 0 Å². The highest BCUT2D eigenvalue weighted by atomic mass is 16.2. The molecule has 2 amide bonds. The number of hydrogen-bond donors (Lipinski definition) is 2. The van der Waals surface area contributed by atoms with Gasteiger partial charge in [-0.15, -0.1) is 0 Å². The van der Waals surface area contributed by atoms with E-state index in [9.17, 15) is 9.59 Å². The van der Waals surface area contributed by atoms with Gasteiger partial charge in [0.25, 0.3) is 0 Å². The van der Waals surface area contributed by atoms with E-state index in [1.807, 2.05) is 42.5 Å². The van der Waals surface area contributed by atoms with E-state index < -0.39 is 0 Å². The average molecular weight is 422 g/mol. The Kier molecular flexibility index (Phi) is 9.25. The molecule has 5 heteroatoms. The summed E-state index contributed by atoms with van der Waals surface area (Å²) in [7, 11) is 0. The van der Waals surface area contributed by atoms with Gasteiger partial charge in [-0.05, 0) is 55.5 Å². The molecule has 0 saturated carbocycles. The first kappa shape index (κ1) is 23.2. The van der Waals surface area contributed by atoms with Gasteiger partial charge in [0.15, 0.2) is 0 Å². The summed E-state index contributed by atoms with van der Waals surface area (Å²) < 4.78 is 0.